The summed E-state index contributed by atoms with van der Waals surface area (Å²) in [5, 5.41) is 16.0. The van der Waals surface area contributed by atoms with Crippen LogP contribution in [0.15, 0.2) is 121 Å². The van der Waals surface area contributed by atoms with E-state index in [9.17, 15) is 9.90 Å². The molecule has 0 spiro atoms. The standard InChI is InChI=1S/C26H21N3O2/c30-25(26(31,22-14-6-2-7-15-22)23-16-8-3-9-17-23)29-28-24(20-11-4-1-5-12-20)21-13-10-18-27-19-21/h1-19,31H,(H,29,30)/b28-24-. The van der Waals surface area contributed by atoms with Gasteiger partial charge in [-0.15, -0.1) is 0 Å². The van der Waals surface area contributed by atoms with E-state index in [0.29, 0.717) is 16.8 Å². The Labute approximate surface area is 180 Å². The Bertz CT molecular complexity index is 1080. The summed E-state index contributed by atoms with van der Waals surface area (Å²) < 4.78 is 0. The summed E-state index contributed by atoms with van der Waals surface area (Å²) in [4.78, 5) is 17.5. The van der Waals surface area contributed by atoms with Crippen LogP contribution in [0.25, 0.3) is 0 Å². The van der Waals surface area contributed by atoms with Gasteiger partial charge in [0, 0.05) is 23.5 Å². The Hall–Kier alpha value is -4.09. The number of aliphatic hydroxyl groups is 1. The quantitative estimate of drug-likeness (QED) is 0.376. The molecule has 3 aromatic carbocycles. The highest BCUT2D eigenvalue weighted by Gasteiger charge is 2.40. The van der Waals surface area contributed by atoms with Gasteiger partial charge in [-0.1, -0.05) is 91.0 Å². The van der Waals surface area contributed by atoms with Gasteiger partial charge in [0.25, 0.3) is 5.91 Å². The molecule has 5 heteroatoms. The molecule has 0 saturated carbocycles. The zero-order chi connectivity index (χ0) is 21.5. The van der Waals surface area contributed by atoms with Crippen molar-refractivity contribution in [1.29, 1.82) is 0 Å². The monoisotopic (exact) mass is 407 g/mol. The summed E-state index contributed by atoms with van der Waals surface area (Å²) in [5.41, 5.74) is 3.71. The van der Waals surface area contributed by atoms with Crippen LogP contribution in [0.4, 0.5) is 0 Å². The second kappa shape index (κ2) is 9.15. The number of hydrogen-bond acceptors (Lipinski definition) is 4. The summed E-state index contributed by atoms with van der Waals surface area (Å²) in [5.74, 6) is -0.651. The molecule has 4 aromatic rings. The normalized spacial score (nSPS) is 11.7. The van der Waals surface area contributed by atoms with E-state index in [1.807, 2.05) is 48.5 Å². The van der Waals surface area contributed by atoms with Crippen LogP contribution in [0.5, 0.6) is 0 Å². The molecule has 0 aliphatic rings. The fraction of sp³-hybridized carbons (Fsp3) is 0.0385. The number of nitrogens with zero attached hydrogens (tertiary/aromatic N) is 2. The third kappa shape index (κ3) is 4.27. The van der Waals surface area contributed by atoms with Crippen LogP contribution in [-0.4, -0.2) is 21.7 Å². The molecule has 0 fully saturated rings. The third-order valence-electron chi connectivity index (χ3n) is 4.96. The molecule has 2 N–H and O–H groups in total. The lowest BCUT2D eigenvalue weighted by Crippen LogP contribution is -2.44. The maximum atomic E-state index is 13.3. The molecule has 0 radical (unpaired) electrons. The van der Waals surface area contributed by atoms with Crippen LogP contribution in [-0.2, 0) is 10.4 Å². The van der Waals surface area contributed by atoms with Crippen molar-refractivity contribution in [1.82, 2.24) is 10.4 Å². The smallest absolute Gasteiger partial charge is 0.281 e. The number of hydrazone groups is 1. The van der Waals surface area contributed by atoms with Gasteiger partial charge in [0.2, 0.25) is 0 Å². The second-order valence-electron chi connectivity index (χ2n) is 6.95. The SMILES string of the molecule is O=C(N/N=C(/c1ccccc1)c1cccnc1)C(O)(c1ccccc1)c1ccccc1. The van der Waals surface area contributed by atoms with Crippen LogP contribution >= 0.6 is 0 Å². The average molecular weight is 407 g/mol. The molecule has 0 saturated heterocycles. The van der Waals surface area contributed by atoms with Gasteiger partial charge in [-0.2, -0.15) is 5.10 Å². The Balaban J connectivity index is 1.75. The van der Waals surface area contributed by atoms with Gasteiger partial charge in [0.05, 0.1) is 5.71 Å². The molecular weight excluding hydrogens is 386 g/mol. The number of pyridine rings is 1. The molecule has 0 unspecified atom stereocenters. The summed E-state index contributed by atoms with van der Waals surface area (Å²) >= 11 is 0. The summed E-state index contributed by atoms with van der Waals surface area (Å²) in [6.07, 6.45) is 3.35. The molecule has 4 rings (SSSR count). The first-order chi connectivity index (χ1) is 15.2. The van der Waals surface area contributed by atoms with Crippen molar-refractivity contribution in [3.63, 3.8) is 0 Å². The van der Waals surface area contributed by atoms with Gasteiger partial charge >= 0.3 is 0 Å². The average Bonchev–Trinajstić information content (AvgIpc) is 2.86. The first kappa shape index (κ1) is 20.2. The minimum absolute atomic E-state index is 0.455. The summed E-state index contributed by atoms with van der Waals surface area (Å²) in [6.45, 7) is 0. The van der Waals surface area contributed by atoms with Crippen molar-refractivity contribution in [2.45, 2.75) is 5.60 Å². The number of nitrogens with one attached hydrogen (secondary N) is 1. The van der Waals surface area contributed by atoms with Crippen molar-refractivity contribution in [2.24, 2.45) is 5.10 Å². The fourth-order valence-corrected chi connectivity index (χ4v) is 3.37. The van der Waals surface area contributed by atoms with E-state index >= 15 is 0 Å². The molecule has 5 nitrogen and oxygen atoms in total. The second-order valence-corrected chi connectivity index (χ2v) is 6.95. The predicted octanol–water partition coefficient (Wildman–Crippen LogP) is 3.89. The Morgan fingerprint density at radius 1 is 0.742 bits per heavy atom. The van der Waals surface area contributed by atoms with Crippen molar-refractivity contribution < 1.29 is 9.90 Å². The highest BCUT2D eigenvalue weighted by atomic mass is 16.3. The van der Waals surface area contributed by atoms with Crippen molar-refractivity contribution >= 4 is 11.6 Å². The van der Waals surface area contributed by atoms with Crippen molar-refractivity contribution in [2.75, 3.05) is 0 Å². The molecule has 31 heavy (non-hydrogen) atoms. The van der Waals surface area contributed by atoms with Crippen LogP contribution in [0.2, 0.25) is 0 Å². The van der Waals surface area contributed by atoms with Gasteiger partial charge < -0.3 is 5.11 Å². The number of carbonyl (C=O) groups is 1. The lowest BCUT2D eigenvalue weighted by molar-refractivity contribution is -0.136. The van der Waals surface area contributed by atoms with E-state index in [0.717, 1.165) is 11.1 Å². The fourth-order valence-electron chi connectivity index (χ4n) is 3.37. The van der Waals surface area contributed by atoms with Gasteiger partial charge in [0.1, 0.15) is 0 Å². The maximum Gasteiger partial charge on any atom is 0.281 e. The molecule has 0 atom stereocenters. The maximum absolute atomic E-state index is 13.3. The topological polar surface area (TPSA) is 74.6 Å². The number of rotatable bonds is 6. The molecule has 0 bridgehead atoms. The van der Waals surface area contributed by atoms with Gasteiger partial charge in [0.15, 0.2) is 5.60 Å². The number of aromatic nitrogens is 1. The zero-order valence-corrected chi connectivity index (χ0v) is 16.7. The number of hydrogen-bond donors (Lipinski definition) is 2. The minimum Gasteiger partial charge on any atom is -0.372 e. The first-order valence-corrected chi connectivity index (χ1v) is 9.87. The number of amides is 1. The Kier molecular flexibility index (Phi) is 5.96. The van der Waals surface area contributed by atoms with Crippen molar-refractivity contribution in [3.8, 4) is 0 Å². The number of carbonyl (C=O) groups excluding carboxylic acids is 1. The third-order valence-corrected chi connectivity index (χ3v) is 4.96. The predicted molar refractivity (Wildman–Crippen MR) is 120 cm³/mol. The van der Waals surface area contributed by atoms with Gasteiger partial charge in [-0.3, -0.25) is 9.78 Å². The molecule has 152 valence electrons. The van der Waals surface area contributed by atoms with E-state index in [1.165, 1.54) is 0 Å². The summed E-state index contributed by atoms with van der Waals surface area (Å²) in [7, 11) is 0. The molecule has 1 amide bonds. The Morgan fingerprint density at radius 2 is 1.26 bits per heavy atom. The molecular formula is C26H21N3O2. The number of benzene rings is 3. The zero-order valence-electron chi connectivity index (χ0n) is 16.7. The lowest BCUT2D eigenvalue weighted by Gasteiger charge is -2.27. The lowest BCUT2D eigenvalue weighted by atomic mass is 9.85. The van der Waals surface area contributed by atoms with Gasteiger partial charge in [-0.25, -0.2) is 5.43 Å². The molecule has 1 heterocycles. The molecule has 0 aliphatic heterocycles. The Morgan fingerprint density at radius 3 is 1.77 bits per heavy atom. The first-order valence-electron chi connectivity index (χ1n) is 9.87. The van der Waals surface area contributed by atoms with Crippen LogP contribution in [0, 0.1) is 0 Å². The van der Waals surface area contributed by atoms with Crippen LogP contribution in [0.1, 0.15) is 22.3 Å². The van der Waals surface area contributed by atoms with E-state index in [-0.39, 0.29) is 0 Å². The largest absolute Gasteiger partial charge is 0.372 e. The van der Waals surface area contributed by atoms with E-state index in [1.54, 1.807) is 67.0 Å². The van der Waals surface area contributed by atoms with E-state index in [2.05, 4.69) is 15.5 Å². The molecule has 1 aromatic heterocycles. The van der Waals surface area contributed by atoms with Crippen LogP contribution < -0.4 is 5.43 Å². The van der Waals surface area contributed by atoms with Gasteiger partial charge in [-0.05, 0) is 23.3 Å². The highest BCUT2D eigenvalue weighted by molar-refractivity contribution is 6.13. The van der Waals surface area contributed by atoms with Crippen LogP contribution in [0.3, 0.4) is 0 Å². The molecule has 0 aliphatic carbocycles. The van der Waals surface area contributed by atoms with Crippen molar-refractivity contribution in [3.05, 3.63) is 138 Å². The summed E-state index contributed by atoms with van der Waals surface area (Å²) in [6, 6.07) is 30.8. The van der Waals surface area contributed by atoms with E-state index < -0.39 is 11.5 Å². The van der Waals surface area contributed by atoms with E-state index in [4.69, 9.17) is 0 Å². The minimum atomic E-state index is -1.90. The highest BCUT2D eigenvalue weighted by Crippen LogP contribution is 2.30.